The molecule has 3 aromatic rings. The van der Waals surface area contributed by atoms with Gasteiger partial charge >= 0.3 is 0 Å². The van der Waals surface area contributed by atoms with Crippen LogP contribution in [0.15, 0.2) is 53.6 Å². The van der Waals surface area contributed by atoms with Crippen LogP contribution in [0.3, 0.4) is 0 Å². The molecule has 8 heteroatoms. The molecule has 0 saturated carbocycles. The first-order chi connectivity index (χ1) is 12.5. The highest BCUT2D eigenvalue weighted by atomic mass is 35.5. The van der Waals surface area contributed by atoms with E-state index in [0.717, 1.165) is 15.6 Å². The Bertz CT molecular complexity index is 1000. The zero-order valence-electron chi connectivity index (χ0n) is 13.3. The SMILES string of the molecule is O=C(CNC(=O)c1sc2ccccc2c1Cl)NN=Cc1cccc(Cl)c1. The van der Waals surface area contributed by atoms with Gasteiger partial charge in [0.05, 0.1) is 17.8 Å². The first-order valence-electron chi connectivity index (χ1n) is 7.57. The van der Waals surface area contributed by atoms with Crippen molar-refractivity contribution in [2.24, 2.45) is 5.10 Å². The van der Waals surface area contributed by atoms with E-state index in [-0.39, 0.29) is 6.54 Å². The predicted octanol–water partition coefficient (Wildman–Crippen LogP) is 4.09. The van der Waals surface area contributed by atoms with Gasteiger partial charge in [0.2, 0.25) is 0 Å². The smallest absolute Gasteiger partial charge is 0.263 e. The lowest BCUT2D eigenvalue weighted by atomic mass is 10.2. The van der Waals surface area contributed by atoms with Gasteiger partial charge in [0.1, 0.15) is 4.88 Å². The van der Waals surface area contributed by atoms with Crippen molar-refractivity contribution in [3.63, 3.8) is 0 Å². The third-order valence-corrected chi connectivity index (χ3v) is 5.31. The van der Waals surface area contributed by atoms with Crippen LogP contribution in [0.4, 0.5) is 0 Å². The molecule has 0 bridgehead atoms. The normalized spacial score (nSPS) is 11.0. The van der Waals surface area contributed by atoms with Gasteiger partial charge in [-0.3, -0.25) is 9.59 Å². The Balaban J connectivity index is 1.55. The van der Waals surface area contributed by atoms with Crippen LogP contribution < -0.4 is 10.7 Å². The van der Waals surface area contributed by atoms with Crippen molar-refractivity contribution in [2.45, 2.75) is 0 Å². The highest BCUT2D eigenvalue weighted by Crippen LogP contribution is 2.34. The molecule has 1 heterocycles. The quantitative estimate of drug-likeness (QED) is 0.495. The first-order valence-corrected chi connectivity index (χ1v) is 9.14. The van der Waals surface area contributed by atoms with Crippen LogP contribution in [0.25, 0.3) is 10.1 Å². The summed E-state index contributed by atoms with van der Waals surface area (Å²) in [6, 6.07) is 14.5. The molecule has 0 unspecified atom stereocenters. The standard InChI is InChI=1S/C18H13Cl2N3O2S/c19-12-5-3-4-11(8-12)9-22-23-15(24)10-21-18(25)17-16(20)13-6-1-2-7-14(13)26-17/h1-9H,10H2,(H,21,25)(H,23,24). The summed E-state index contributed by atoms with van der Waals surface area (Å²) in [5, 5.41) is 8.15. The van der Waals surface area contributed by atoms with E-state index in [0.29, 0.717) is 14.9 Å². The summed E-state index contributed by atoms with van der Waals surface area (Å²) in [5.74, 6) is -0.848. The molecule has 132 valence electrons. The number of amides is 2. The largest absolute Gasteiger partial charge is 0.342 e. The number of rotatable bonds is 5. The number of benzene rings is 2. The highest BCUT2D eigenvalue weighted by Gasteiger charge is 2.17. The summed E-state index contributed by atoms with van der Waals surface area (Å²) < 4.78 is 0.915. The Kier molecular flexibility index (Phi) is 5.88. The molecule has 2 amide bonds. The molecule has 0 radical (unpaired) electrons. The Morgan fingerprint density at radius 1 is 1.12 bits per heavy atom. The van der Waals surface area contributed by atoms with Crippen LogP contribution >= 0.6 is 34.5 Å². The third kappa shape index (κ3) is 4.40. The third-order valence-electron chi connectivity index (χ3n) is 3.40. The molecule has 26 heavy (non-hydrogen) atoms. The molecule has 0 aliphatic rings. The maximum absolute atomic E-state index is 12.3. The molecule has 0 saturated heterocycles. The number of hydrogen-bond donors (Lipinski definition) is 2. The lowest BCUT2D eigenvalue weighted by Gasteiger charge is -2.03. The van der Waals surface area contributed by atoms with E-state index in [1.165, 1.54) is 17.6 Å². The van der Waals surface area contributed by atoms with E-state index >= 15 is 0 Å². The highest BCUT2D eigenvalue weighted by molar-refractivity contribution is 7.21. The molecule has 0 aliphatic heterocycles. The molecule has 0 spiro atoms. The molecular formula is C18H13Cl2N3O2S. The van der Waals surface area contributed by atoms with Gasteiger partial charge in [-0.05, 0) is 23.8 Å². The Morgan fingerprint density at radius 2 is 1.92 bits per heavy atom. The van der Waals surface area contributed by atoms with E-state index in [2.05, 4.69) is 15.8 Å². The minimum atomic E-state index is -0.450. The van der Waals surface area contributed by atoms with Gasteiger partial charge in [0.25, 0.3) is 11.8 Å². The Labute approximate surface area is 163 Å². The summed E-state index contributed by atoms with van der Waals surface area (Å²) in [6.07, 6.45) is 1.47. The number of hydrazone groups is 1. The van der Waals surface area contributed by atoms with Crippen LogP contribution in [-0.2, 0) is 4.79 Å². The number of halogens is 2. The second kappa shape index (κ2) is 8.31. The lowest BCUT2D eigenvalue weighted by Crippen LogP contribution is -2.34. The summed E-state index contributed by atoms with van der Waals surface area (Å²) in [7, 11) is 0. The van der Waals surface area contributed by atoms with E-state index < -0.39 is 11.8 Å². The van der Waals surface area contributed by atoms with E-state index in [1.54, 1.807) is 24.3 Å². The topological polar surface area (TPSA) is 70.6 Å². The van der Waals surface area contributed by atoms with Crippen molar-refractivity contribution in [3.8, 4) is 0 Å². The monoisotopic (exact) mass is 405 g/mol. The lowest BCUT2D eigenvalue weighted by molar-refractivity contribution is -0.120. The van der Waals surface area contributed by atoms with Crippen LogP contribution in [0.1, 0.15) is 15.2 Å². The zero-order valence-corrected chi connectivity index (χ0v) is 15.7. The number of hydrogen-bond acceptors (Lipinski definition) is 4. The predicted molar refractivity (Wildman–Crippen MR) is 106 cm³/mol. The minimum absolute atomic E-state index is 0.212. The van der Waals surface area contributed by atoms with Gasteiger partial charge in [-0.25, -0.2) is 5.43 Å². The van der Waals surface area contributed by atoms with E-state index in [4.69, 9.17) is 23.2 Å². The van der Waals surface area contributed by atoms with Gasteiger partial charge in [-0.1, -0.05) is 53.5 Å². The van der Waals surface area contributed by atoms with Crippen LogP contribution in [-0.4, -0.2) is 24.6 Å². The number of thiophene rings is 1. The van der Waals surface area contributed by atoms with Gasteiger partial charge in [0.15, 0.2) is 0 Å². The molecule has 2 aromatic carbocycles. The molecule has 1 aromatic heterocycles. The van der Waals surface area contributed by atoms with Crippen LogP contribution in [0.5, 0.6) is 0 Å². The molecule has 2 N–H and O–H groups in total. The number of nitrogens with one attached hydrogen (secondary N) is 2. The average molecular weight is 406 g/mol. The second-order valence-electron chi connectivity index (χ2n) is 5.27. The first kappa shape index (κ1) is 18.4. The van der Waals surface area contributed by atoms with Crippen LogP contribution in [0.2, 0.25) is 10.0 Å². The van der Waals surface area contributed by atoms with E-state index in [9.17, 15) is 9.59 Å². The van der Waals surface area contributed by atoms with Gasteiger partial charge in [-0.15, -0.1) is 11.3 Å². The van der Waals surface area contributed by atoms with Crippen molar-refractivity contribution < 1.29 is 9.59 Å². The fourth-order valence-corrected chi connectivity index (χ4v) is 3.84. The Morgan fingerprint density at radius 3 is 2.69 bits per heavy atom. The van der Waals surface area contributed by atoms with Gasteiger partial charge in [-0.2, -0.15) is 5.10 Å². The van der Waals surface area contributed by atoms with Crippen molar-refractivity contribution >= 4 is 62.7 Å². The molecule has 0 fully saturated rings. The van der Waals surface area contributed by atoms with Gasteiger partial charge < -0.3 is 5.32 Å². The van der Waals surface area contributed by atoms with Gasteiger partial charge in [0, 0.05) is 15.1 Å². The Hall–Kier alpha value is -2.41. The molecule has 0 aliphatic carbocycles. The number of nitrogens with zero attached hydrogens (tertiary/aromatic N) is 1. The molecular weight excluding hydrogens is 393 g/mol. The maximum Gasteiger partial charge on any atom is 0.263 e. The van der Waals surface area contributed by atoms with Crippen molar-refractivity contribution in [3.05, 3.63) is 69.0 Å². The zero-order chi connectivity index (χ0) is 18.5. The average Bonchev–Trinajstić information content (AvgIpc) is 2.97. The summed E-state index contributed by atoms with van der Waals surface area (Å²) in [4.78, 5) is 24.4. The molecule has 0 atom stereocenters. The maximum atomic E-state index is 12.3. The number of carbonyl (C=O) groups excluding carboxylic acids is 2. The minimum Gasteiger partial charge on any atom is -0.342 e. The fourth-order valence-electron chi connectivity index (χ4n) is 2.21. The molecule has 3 rings (SSSR count). The van der Waals surface area contributed by atoms with Crippen molar-refractivity contribution in [2.75, 3.05) is 6.54 Å². The fraction of sp³-hybridized carbons (Fsp3) is 0.0556. The van der Waals surface area contributed by atoms with Crippen molar-refractivity contribution in [1.29, 1.82) is 0 Å². The molecule has 5 nitrogen and oxygen atoms in total. The van der Waals surface area contributed by atoms with Crippen molar-refractivity contribution in [1.82, 2.24) is 10.7 Å². The number of carbonyl (C=O) groups is 2. The van der Waals surface area contributed by atoms with E-state index in [1.807, 2.05) is 24.3 Å². The summed E-state index contributed by atoms with van der Waals surface area (Å²) >= 11 is 13.4. The summed E-state index contributed by atoms with van der Waals surface area (Å²) in [5.41, 5.74) is 3.09. The van der Waals surface area contributed by atoms with Crippen LogP contribution in [0, 0.1) is 0 Å². The summed E-state index contributed by atoms with van der Waals surface area (Å²) in [6.45, 7) is -0.212. The number of fused-ring (bicyclic) bond motifs is 1. The second-order valence-corrected chi connectivity index (χ2v) is 7.14.